The van der Waals surface area contributed by atoms with E-state index in [9.17, 15) is 19.7 Å². The molecule has 208 valence electrons. The normalized spacial score (nSPS) is 23.4. The second kappa shape index (κ2) is 10.5. The molecule has 1 amide bonds. The molecule has 3 aliphatic rings. The fourth-order valence-corrected chi connectivity index (χ4v) is 5.93. The van der Waals surface area contributed by atoms with Gasteiger partial charge in [-0.05, 0) is 55.3 Å². The van der Waals surface area contributed by atoms with E-state index >= 15 is 0 Å². The van der Waals surface area contributed by atoms with Crippen LogP contribution in [-0.2, 0) is 21.7 Å². The van der Waals surface area contributed by atoms with E-state index in [4.69, 9.17) is 20.6 Å². The number of carbonyl (C=O) groups is 2. The molecule has 0 spiro atoms. The third kappa shape index (κ3) is 4.28. The van der Waals surface area contributed by atoms with Crippen LogP contribution in [-0.4, -0.2) is 28.4 Å². The number of epoxide rings is 1. The lowest BCUT2D eigenvalue weighted by atomic mass is 9.68. The number of carbonyl (C=O) groups excluding carboxylic acids is 2. The van der Waals surface area contributed by atoms with Crippen LogP contribution in [0.1, 0.15) is 30.4 Å². The van der Waals surface area contributed by atoms with Gasteiger partial charge < -0.3 is 14.2 Å². The topological polar surface area (TPSA) is 112 Å². The highest BCUT2D eigenvalue weighted by molar-refractivity contribution is 6.02. The van der Waals surface area contributed by atoms with E-state index < -0.39 is 28.3 Å². The second-order valence-corrected chi connectivity index (χ2v) is 10.0. The highest BCUT2D eigenvalue weighted by Crippen LogP contribution is 2.69. The number of amides is 1. The van der Waals surface area contributed by atoms with Crippen molar-refractivity contribution in [2.24, 2.45) is 0 Å². The number of hydrogen-bond acceptors (Lipinski definition) is 7. The van der Waals surface area contributed by atoms with Gasteiger partial charge in [0.05, 0.1) is 16.2 Å². The van der Waals surface area contributed by atoms with Crippen molar-refractivity contribution < 1.29 is 28.7 Å². The number of allylic oxidation sites excluding steroid dienone is 2. The molecule has 42 heavy (non-hydrogen) atoms. The number of terminal acetylenes is 1. The van der Waals surface area contributed by atoms with E-state index in [1.165, 1.54) is 23.1 Å². The van der Waals surface area contributed by atoms with E-state index in [1.54, 1.807) is 66.7 Å². The molecule has 3 aromatic rings. The van der Waals surface area contributed by atoms with Crippen LogP contribution in [0.25, 0.3) is 0 Å². The highest BCUT2D eigenvalue weighted by Gasteiger charge is 2.82. The molecular weight excluding hydrogens is 536 g/mol. The third-order valence-electron chi connectivity index (χ3n) is 7.75. The first-order valence-corrected chi connectivity index (χ1v) is 13.3. The lowest BCUT2D eigenvalue weighted by Crippen LogP contribution is -2.58. The van der Waals surface area contributed by atoms with Crippen molar-refractivity contribution in [3.63, 3.8) is 0 Å². The average Bonchev–Trinajstić information content (AvgIpc) is 3.72. The number of rotatable bonds is 5. The van der Waals surface area contributed by atoms with Gasteiger partial charge in [-0.25, -0.2) is 4.79 Å². The Morgan fingerprint density at radius 1 is 1.12 bits per heavy atom. The maximum Gasteiger partial charge on any atom is 0.420 e. The van der Waals surface area contributed by atoms with Crippen molar-refractivity contribution in [3.05, 3.63) is 106 Å². The van der Waals surface area contributed by atoms with Gasteiger partial charge in [0, 0.05) is 24.1 Å². The number of nitro benzene ring substituents is 1. The summed E-state index contributed by atoms with van der Waals surface area (Å²) in [6.45, 7) is -0.0883. The molecule has 3 aromatic carbocycles. The van der Waals surface area contributed by atoms with Crippen molar-refractivity contribution in [1.82, 2.24) is 0 Å². The number of para-hydroxylation sites is 2. The highest BCUT2D eigenvalue weighted by atomic mass is 16.6. The van der Waals surface area contributed by atoms with Gasteiger partial charge in [-0.15, -0.1) is 6.42 Å². The minimum atomic E-state index is -1.25. The Labute approximate surface area is 241 Å². The number of anilines is 1. The predicted molar refractivity (Wildman–Crippen MR) is 153 cm³/mol. The molecule has 1 saturated heterocycles. The number of hydrogen-bond donors (Lipinski definition) is 0. The van der Waals surface area contributed by atoms with Crippen molar-refractivity contribution in [2.45, 2.75) is 43.1 Å². The summed E-state index contributed by atoms with van der Waals surface area (Å²) in [6, 6.07) is 19.0. The largest absolute Gasteiger partial charge is 0.489 e. The molecule has 0 radical (unpaired) electrons. The summed E-state index contributed by atoms with van der Waals surface area (Å²) in [5.41, 5.74) is -1.12. The third-order valence-corrected chi connectivity index (χ3v) is 7.75. The van der Waals surface area contributed by atoms with E-state index in [0.717, 1.165) is 0 Å². The maximum atomic E-state index is 13.9. The SMILES string of the molecule is C#CC=CC#CC1N(C(=O)Oc2ccccc2)c2cc(OCc3ccccc3[N+](=O)[O-])ccc2C23OC12CCCC3=O. The molecule has 3 atom stereocenters. The molecule has 1 aliphatic carbocycles. The van der Waals surface area contributed by atoms with Crippen molar-refractivity contribution in [1.29, 1.82) is 0 Å². The standard InChI is InChI=1S/C33H24N2O7/c1-2-3-4-8-16-29-32-20-11-17-30(36)33(32,42-32)26-19-18-25(40-22-23-12-9-10-15-27(23)35(38)39)21-28(26)34(29)31(37)41-24-13-6-5-7-14-24/h1,3-7,9-10,12-15,18-19,21,29H,11,17,20,22H2. The van der Waals surface area contributed by atoms with Crippen LogP contribution in [0.3, 0.4) is 0 Å². The van der Waals surface area contributed by atoms with Gasteiger partial charge in [-0.3, -0.25) is 19.8 Å². The predicted octanol–water partition coefficient (Wildman–Crippen LogP) is 5.47. The van der Waals surface area contributed by atoms with Crippen LogP contribution in [0.5, 0.6) is 11.5 Å². The average molecular weight is 561 g/mol. The van der Waals surface area contributed by atoms with E-state index in [-0.39, 0.29) is 18.1 Å². The van der Waals surface area contributed by atoms with Gasteiger partial charge in [-0.2, -0.15) is 0 Å². The molecule has 6 rings (SSSR count). The fraction of sp³-hybridized carbons (Fsp3) is 0.212. The second-order valence-electron chi connectivity index (χ2n) is 10.0. The van der Waals surface area contributed by atoms with Crippen LogP contribution < -0.4 is 14.4 Å². The van der Waals surface area contributed by atoms with Crippen LogP contribution in [0.15, 0.2) is 84.9 Å². The Hall–Kier alpha value is -5.38. The number of nitro groups is 1. The molecule has 9 nitrogen and oxygen atoms in total. The Morgan fingerprint density at radius 3 is 2.69 bits per heavy atom. The van der Waals surface area contributed by atoms with Gasteiger partial charge in [0.1, 0.15) is 29.7 Å². The molecule has 3 unspecified atom stereocenters. The maximum absolute atomic E-state index is 13.9. The first kappa shape index (κ1) is 26.8. The molecule has 2 heterocycles. The molecule has 0 bridgehead atoms. The summed E-state index contributed by atoms with van der Waals surface area (Å²) in [4.78, 5) is 39.8. The summed E-state index contributed by atoms with van der Waals surface area (Å²) >= 11 is 0. The fourth-order valence-electron chi connectivity index (χ4n) is 5.93. The quantitative estimate of drug-likeness (QED) is 0.176. The Morgan fingerprint density at radius 2 is 1.90 bits per heavy atom. The number of nitrogens with zero attached hydrogens (tertiary/aromatic N) is 2. The Balaban J connectivity index is 1.45. The van der Waals surface area contributed by atoms with Gasteiger partial charge in [0.15, 0.2) is 11.4 Å². The monoisotopic (exact) mass is 560 g/mol. The summed E-state index contributed by atoms with van der Waals surface area (Å²) in [5, 5.41) is 11.5. The lowest BCUT2D eigenvalue weighted by Gasteiger charge is -2.40. The number of Topliss-reactive ketones (excluding diaryl/α,β-unsaturated/α-hetero) is 1. The molecule has 0 N–H and O–H groups in total. The van der Waals surface area contributed by atoms with E-state index in [1.807, 2.05) is 0 Å². The summed E-state index contributed by atoms with van der Waals surface area (Å²) in [7, 11) is 0. The molecule has 0 aromatic heterocycles. The number of benzene rings is 3. The lowest BCUT2D eigenvalue weighted by molar-refractivity contribution is -0.385. The van der Waals surface area contributed by atoms with Gasteiger partial charge in [-0.1, -0.05) is 48.1 Å². The van der Waals surface area contributed by atoms with Gasteiger partial charge >= 0.3 is 6.09 Å². The molecule has 2 aliphatic heterocycles. The Kier molecular flexibility index (Phi) is 6.74. The first-order valence-electron chi connectivity index (χ1n) is 13.3. The molecule has 2 fully saturated rings. The minimum absolute atomic E-state index is 0.0678. The van der Waals surface area contributed by atoms with Crippen LogP contribution >= 0.6 is 0 Å². The summed E-state index contributed by atoms with van der Waals surface area (Å²) in [6.07, 6.45) is 9.00. The smallest absolute Gasteiger partial charge is 0.420 e. The zero-order chi connectivity index (χ0) is 29.3. The van der Waals surface area contributed by atoms with Gasteiger partial charge in [0.25, 0.3) is 5.69 Å². The number of fused-ring (bicyclic) bond motifs is 1. The zero-order valence-corrected chi connectivity index (χ0v) is 22.3. The number of ether oxygens (including phenoxy) is 3. The van der Waals surface area contributed by atoms with Crippen LogP contribution in [0.2, 0.25) is 0 Å². The van der Waals surface area contributed by atoms with Crippen molar-refractivity contribution in [3.8, 4) is 35.7 Å². The van der Waals surface area contributed by atoms with E-state index in [2.05, 4.69) is 17.8 Å². The van der Waals surface area contributed by atoms with E-state index in [0.29, 0.717) is 47.6 Å². The van der Waals surface area contributed by atoms with Crippen molar-refractivity contribution >= 4 is 23.3 Å². The zero-order valence-electron chi connectivity index (χ0n) is 22.3. The Bertz CT molecular complexity index is 1730. The molecule has 9 heteroatoms. The molecular formula is C33H24N2O7. The van der Waals surface area contributed by atoms with Gasteiger partial charge in [0.2, 0.25) is 0 Å². The summed E-state index contributed by atoms with van der Waals surface area (Å²) in [5.74, 6) is 8.97. The number of ketones is 1. The van der Waals surface area contributed by atoms with Crippen LogP contribution in [0, 0.1) is 34.3 Å². The first-order chi connectivity index (χ1) is 20.4. The van der Waals surface area contributed by atoms with Crippen LogP contribution in [0.4, 0.5) is 16.2 Å². The minimum Gasteiger partial charge on any atom is -0.489 e. The summed E-state index contributed by atoms with van der Waals surface area (Å²) < 4.78 is 18.1. The van der Waals surface area contributed by atoms with Crippen molar-refractivity contribution in [2.75, 3.05) is 4.90 Å². The molecule has 1 saturated carbocycles.